The van der Waals surface area contributed by atoms with Crippen molar-refractivity contribution in [1.29, 1.82) is 0 Å². The molecule has 4 aliphatic rings. The van der Waals surface area contributed by atoms with Crippen molar-refractivity contribution in [2.75, 3.05) is 0 Å². The maximum atomic E-state index is 4.51. The maximum absolute atomic E-state index is 4.51. The van der Waals surface area contributed by atoms with E-state index in [9.17, 15) is 0 Å². The van der Waals surface area contributed by atoms with Gasteiger partial charge in [0.1, 0.15) is 0 Å². The molecular weight excluding hydrogens is 280 g/mol. The summed E-state index contributed by atoms with van der Waals surface area (Å²) < 4.78 is 0. The molecule has 4 aliphatic carbocycles. The lowest BCUT2D eigenvalue weighted by atomic mass is 9.56. The highest BCUT2D eigenvalue weighted by molar-refractivity contribution is 5.81. The lowest BCUT2D eigenvalue weighted by Crippen LogP contribution is -2.47. The lowest BCUT2D eigenvalue weighted by molar-refractivity contribution is -0.000827. The predicted octanol–water partition coefficient (Wildman–Crippen LogP) is 4.29. The number of benzene rings is 1. The Hall–Kier alpha value is -1.41. The van der Waals surface area contributed by atoms with Gasteiger partial charge >= 0.3 is 0 Å². The van der Waals surface area contributed by atoms with Crippen LogP contribution in [0, 0.1) is 23.2 Å². The molecule has 5 unspecified atom stereocenters. The fourth-order valence-corrected chi connectivity index (χ4v) is 7.16. The standard InChI is InChI=1S/C21H24N2/c1-2-4-19-18(3-1)15(5-6-22-19)12-23-20-9-14-7-16-8-17(11-20)21(16,10-14)13-20/h1-6,14,16-17,23H,7-13H2. The second-order valence-electron chi connectivity index (χ2n) is 8.87. The van der Waals surface area contributed by atoms with Crippen molar-refractivity contribution in [1.82, 2.24) is 10.3 Å². The highest BCUT2D eigenvalue weighted by Gasteiger charge is 2.70. The van der Waals surface area contributed by atoms with Gasteiger partial charge in [-0.3, -0.25) is 4.98 Å². The van der Waals surface area contributed by atoms with Crippen molar-refractivity contribution >= 4 is 10.9 Å². The molecule has 3 bridgehead atoms. The van der Waals surface area contributed by atoms with Gasteiger partial charge in [-0.1, -0.05) is 18.2 Å². The molecule has 4 fully saturated rings. The van der Waals surface area contributed by atoms with E-state index in [2.05, 4.69) is 40.6 Å². The summed E-state index contributed by atoms with van der Waals surface area (Å²) in [5.41, 5.74) is 3.76. The number of nitrogens with one attached hydrogen (secondary N) is 1. The van der Waals surface area contributed by atoms with Gasteiger partial charge in [0.15, 0.2) is 0 Å². The molecule has 0 saturated heterocycles. The first-order chi connectivity index (χ1) is 11.3. The number of para-hydroxylation sites is 1. The third-order valence-corrected chi connectivity index (χ3v) is 7.86. The largest absolute Gasteiger partial charge is 0.307 e. The van der Waals surface area contributed by atoms with Gasteiger partial charge in [-0.2, -0.15) is 0 Å². The van der Waals surface area contributed by atoms with Crippen molar-refractivity contribution < 1.29 is 0 Å². The first kappa shape index (κ1) is 12.9. The quantitative estimate of drug-likeness (QED) is 0.915. The second kappa shape index (κ2) is 4.16. The van der Waals surface area contributed by atoms with E-state index >= 15 is 0 Å². The molecule has 1 spiro atoms. The van der Waals surface area contributed by atoms with Crippen LogP contribution in [0.1, 0.15) is 44.1 Å². The normalized spacial score (nSPS) is 42.9. The van der Waals surface area contributed by atoms with Gasteiger partial charge in [0.2, 0.25) is 0 Å². The summed E-state index contributed by atoms with van der Waals surface area (Å²) in [6.07, 6.45) is 11.0. The van der Waals surface area contributed by atoms with Gasteiger partial charge in [0.05, 0.1) is 5.52 Å². The molecule has 6 rings (SSSR count). The summed E-state index contributed by atoms with van der Waals surface area (Å²) in [6, 6.07) is 10.8. The van der Waals surface area contributed by atoms with Crippen molar-refractivity contribution in [3.63, 3.8) is 0 Å². The molecule has 4 saturated carbocycles. The highest BCUT2D eigenvalue weighted by Crippen LogP contribution is 2.76. The summed E-state index contributed by atoms with van der Waals surface area (Å²) in [5.74, 6) is 3.15. The molecule has 1 aromatic heterocycles. The third-order valence-electron chi connectivity index (χ3n) is 7.86. The van der Waals surface area contributed by atoms with Crippen molar-refractivity contribution in [2.24, 2.45) is 23.2 Å². The molecule has 5 atom stereocenters. The summed E-state index contributed by atoms with van der Waals surface area (Å²) >= 11 is 0. The van der Waals surface area contributed by atoms with Crippen LogP contribution in [0.3, 0.4) is 0 Å². The number of aromatic nitrogens is 1. The van der Waals surface area contributed by atoms with Crippen molar-refractivity contribution in [2.45, 2.75) is 50.6 Å². The highest BCUT2D eigenvalue weighted by atomic mass is 15.0. The summed E-state index contributed by atoms with van der Waals surface area (Å²) in [6.45, 7) is 1.00. The average molecular weight is 304 g/mol. The molecule has 2 aromatic rings. The number of nitrogens with zero attached hydrogens (tertiary/aromatic N) is 1. The fourth-order valence-electron chi connectivity index (χ4n) is 7.16. The van der Waals surface area contributed by atoms with E-state index in [1.165, 1.54) is 43.1 Å². The van der Waals surface area contributed by atoms with Gasteiger partial charge < -0.3 is 5.32 Å². The Labute approximate surface area is 137 Å². The van der Waals surface area contributed by atoms with Gasteiger partial charge in [-0.25, -0.2) is 0 Å². The number of pyridine rings is 1. The minimum atomic E-state index is 0.448. The molecule has 118 valence electrons. The third kappa shape index (κ3) is 1.60. The Balaban J connectivity index is 1.31. The molecular formula is C21H24N2. The van der Waals surface area contributed by atoms with Crippen LogP contribution in [-0.4, -0.2) is 10.5 Å². The van der Waals surface area contributed by atoms with Crippen LogP contribution in [0.15, 0.2) is 36.5 Å². The van der Waals surface area contributed by atoms with Crippen LogP contribution in [0.5, 0.6) is 0 Å². The number of hydrogen-bond acceptors (Lipinski definition) is 2. The molecule has 23 heavy (non-hydrogen) atoms. The van der Waals surface area contributed by atoms with Gasteiger partial charge in [-0.05, 0) is 79.4 Å². The van der Waals surface area contributed by atoms with Crippen LogP contribution in [0.25, 0.3) is 10.9 Å². The number of rotatable bonds is 3. The molecule has 1 heterocycles. The summed E-state index contributed by atoms with van der Waals surface area (Å²) in [5, 5.41) is 5.37. The van der Waals surface area contributed by atoms with Gasteiger partial charge in [-0.15, -0.1) is 0 Å². The summed E-state index contributed by atoms with van der Waals surface area (Å²) in [4.78, 5) is 4.51. The van der Waals surface area contributed by atoms with E-state index in [1.807, 2.05) is 6.20 Å². The van der Waals surface area contributed by atoms with E-state index in [-0.39, 0.29) is 0 Å². The molecule has 0 radical (unpaired) electrons. The van der Waals surface area contributed by atoms with E-state index in [0.29, 0.717) is 5.54 Å². The van der Waals surface area contributed by atoms with E-state index in [0.717, 1.165) is 35.2 Å². The molecule has 2 heteroatoms. The minimum absolute atomic E-state index is 0.448. The van der Waals surface area contributed by atoms with E-state index < -0.39 is 0 Å². The first-order valence-electron chi connectivity index (χ1n) is 9.34. The topological polar surface area (TPSA) is 24.9 Å². The summed E-state index contributed by atoms with van der Waals surface area (Å²) in [7, 11) is 0. The van der Waals surface area contributed by atoms with Gasteiger partial charge in [0.25, 0.3) is 0 Å². The van der Waals surface area contributed by atoms with Crippen molar-refractivity contribution in [3.05, 3.63) is 42.1 Å². The monoisotopic (exact) mass is 304 g/mol. The van der Waals surface area contributed by atoms with E-state index in [4.69, 9.17) is 0 Å². The van der Waals surface area contributed by atoms with Gasteiger partial charge in [0, 0.05) is 23.7 Å². The molecule has 1 N–H and O–H groups in total. The Kier molecular flexibility index (Phi) is 2.34. The molecule has 2 nitrogen and oxygen atoms in total. The van der Waals surface area contributed by atoms with Crippen LogP contribution >= 0.6 is 0 Å². The number of fused-ring (bicyclic) bond motifs is 3. The Bertz CT molecular complexity index is 790. The first-order valence-corrected chi connectivity index (χ1v) is 9.34. The zero-order chi connectivity index (χ0) is 15.1. The Morgan fingerprint density at radius 1 is 1.04 bits per heavy atom. The predicted molar refractivity (Wildman–Crippen MR) is 91.9 cm³/mol. The van der Waals surface area contributed by atoms with Crippen LogP contribution < -0.4 is 5.32 Å². The zero-order valence-electron chi connectivity index (χ0n) is 13.6. The Morgan fingerprint density at radius 3 is 3.00 bits per heavy atom. The molecule has 0 amide bonds. The lowest BCUT2D eigenvalue weighted by Gasteiger charge is -2.49. The zero-order valence-corrected chi connectivity index (χ0v) is 13.6. The molecule has 1 aromatic carbocycles. The second-order valence-corrected chi connectivity index (χ2v) is 8.87. The van der Waals surface area contributed by atoms with Crippen molar-refractivity contribution in [3.8, 4) is 0 Å². The van der Waals surface area contributed by atoms with Crippen LogP contribution in [0.4, 0.5) is 0 Å². The molecule has 0 aliphatic heterocycles. The number of hydrogen-bond donors (Lipinski definition) is 1. The van der Waals surface area contributed by atoms with Crippen LogP contribution in [-0.2, 0) is 6.54 Å². The Morgan fingerprint density at radius 2 is 2.00 bits per heavy atom. The smallest absolute Gasteiger partial charge is 0.0705 e. The fraction of sp³-hybridized carbons (Fsp3) is 0.571. The van der Waals surface area contributed by atoms with Crippen LogP contribution in [0.2, 0.25) is 0 Å². The average Bonchev–Trinajstić information content (AvgIpc) is 2.88. The SMILES string of the molecule is c1ccc2c(CNC34CC5CC6CC(C3)C6(C5)C4)ccnc2c1. The van der Waals surface area contributed by atoms with E-state index in [1.54, 1.807) is 6.42 Å². The maximum Gasteiger partial charge on any atom is 0.0705 e. The minimum Gasteiger partial charge on any atom is -0.307 e.